The molecule has 0 unspecified atom stereocenters. The number of carboxylic acids is 1. The van der Waals surface area contributed by atoms with E-state index in [1.54, 1.807) is 0 Å². The number of thiazole rings is 1. The summed E-state index contributed by atoms with van der Waals surface area (Å²) in [6, 6.07) is -0.345. The fraction of sp³-hybridized carbons (Fsp3) is 0.643. The molecule has 0 aliphatic carbocycles. The van der Waals surface area contributed by atoms with E-state index in [-0.39, 0.29) is 18.4 Å². The maximum atomic E-state index is 11.8. The van der Waals surface area contributed by atoms with Crippen LogP contribution in [0.1, 0.15) is 37.3 Å². The van der Waals surface area contributed by atoms with Crippen molar-refractivity contribution in [3.63, 3.8) is 0 Å². The number of urea groups is 1. The van der Waals surface area contributed by atoms with Crippen molar-refractivity contribution in [3.8, 4) is 0 Å². The second kappa shape index (κ2) is 7.97. The van der Waals surface area contributed by atoms with Gasteiger partial charge in [0.25, 0.3) is 0 Å². The highest BCUT2D eigenvalue weighted by Crippen LogP contribution is 2.21. The lowest BCUT2D eigenvalue weighted by Gasteiger charge is -2.17. The summed E-state index contributed by atoms with van der Waals surface area (Å²) in [5.74, 6) is -0.509. The van der Waals surface area contributed by atoms with E-state index in [1.165, 1.54) is 11.3 Å². The third-order valence-electron chi connectivity index (χ3n) is 3.07. The average Bonchev–Trinajstić information content (AvgIpc) is 2.64. The molecular weight excluding hydrogens is 290 g/mol. The number of anilines is 1. The first-order valence-corrected chi connectivity index (χ1v) is 7.80. The normalized spacial score (nSPS) is 12.2. The zero-order valence-electron chi connectivity index (χ0n) is 12.9. The van der Waals surface area contributed by atoms with Crippen LogP contribution >= 0.6 is 11.3 Å². The summed E-state index contributed by atoms with van der Waals surface area (Å²) < 4.78 is 0. The third kappa shape index (κ3) is 6.57. The molecule has 0 bridgehead atoms. The van der Waals surface area contributed by atoms with Gasteiger partial charge in [-0.1, -0.05) is 13.8 Å². The Morgan fingerprint density at radius 3 is 2.48 bits per heavy atom. The van der Waals surface area contributed by atoms with Gasteiger partial charge in [0, 0.05) is 17.8 Å². The molecule has 6 nitrogen and oxygen atoms in total. The number of nitrogens with one attached hydrogen (secondary N) is 2. The van der Waals surface area contributed by atoms with Crippen LogP contribution in [0.3, 0.4) is 0 Å². The molecule has 7 heteroatoms. The monoisotopic (exact) mass is 313 g/mol. The van der Waals surface area contributed by atoms with Crippen molar-refractivity contribution in [1.82, 2.24) is 10.3 Å². The maximum Gasteiger partial charge on any atom is 0.321 e. The Balaban J connectivity index is 2.46. The van der Waals surface area contributed by atoms with E-state index < -0.39 is 5.97 Å². The smallest absolute Gasteiger partial charge is 0.321 e. The van der Waals surface area contributed by atoms with E-state index >= 15 is 0 Å². The minimum atomic E-state index is -0.839. The Bertz CT molecular complexity index is 480. The molecule has 0 spiro atoms. The van der Waals surface area contributed by atoms with Crippen molar-refractivity contribution in [2.75, 3.05) is 11.9 Å². The van der Waals surface area contributed by atoms with Gasteiger partial charge in [-0.25, -0.2) is 9.78 Å². The van der Waals surface area contributed by atoms with E-state index in [9.17, 15) is 9.59 Å². The predicted octanol–water partition coefficient (Wildman–Crippen LogP) is 3.02. The van der Waals surface area contributed by atoms with Gasteiger partial charge < -0.3 is 10.4 Å². The Hall–Kier alpha value is -1.63. The number of carbonyl (C=O) groups is 2. The lowest BCUT2D eigenvalue weighted by molar-refractivity contribution is -0.138. The molecule has 1 rings (SSSR count). The van der Waals surface area contributed by atoms with Crippen LogP contribution in [0, 0.1) is 25.7 Å². The molecule has 0 fully saturated rings. The molecule has 1 heterocycles. The van der Waals surface area contributed by atoms with Gasteiger partial charge >= 0.3 is 12.0 Å². The first kappa shape index (κ1) is 17.4. The summed E-state index contributed by atoms with van der Waals surface area (Å²) >= 11 is 1.42. The van der Waals surface area contributed by atoms with Crippen LogP contribution in [-0.2, 0) is 4.79 Å². The number of aromatic nitrogens is 1. The Morgan fingerprint density at radius 2 is 2.00 bits per heavy atom. The highest BCUT2D eigenvalue weighted by molar-refractivity contribution is 7.15. The first-order chi connectivity index (χ1) is 9.77. The maximum absolute atomic E-state index is 11.8. The van der Waals surface area contributed by atoms with Crippen molar-refractivity contribution in [3.05, 3.63) is 10.6 Å². The lowest BCUT2D eigenvalue weighted by Crippen LogP contribution is -2.34. The molecule has 0 saturated heterocycles. The van der Waals surface area contributed by atoms with Gasteiger partial charge in [0.05, 0.1) is 5.69 Å². The van der Waals surface area contributed by atoms with Gasteiger partial charge in [-0.05, 0) is 32.1 Å². The van der Waals surface area contributed by atoms with Crippen LogP contribution in [0.5, 0.6) is 0 Å². The predicted molar refractivity (Wildman–Crippen MR) is 83.8 cm³/mol. The van der Waals surface area contributed by atoms with E-state index in [1.807, 2.05) is 27.7 Å². The second-order valence-electron chi connectivity index (χ2n) is 5.59. The zero-order valence-corrected chi connectivity index (χ0v) is 13.7. The SMILES string of the molecule is Cc1nc(NC(=O)NC[C@H](CC(=O)O)CC(C)C)sc1C. The van der Waals surface area contributed by atoms with E-state index in [2.05, 4.69) is 15.6 Å². The first-order valence-electron chi connectivity index (χ1n) is 6.98. The minimum Gasteiger partial charge on any atom is -0.481 e. The molecule has 21 heavy (non-hydrogen) atoms. The fourth-order valence-corrected chi connectivity index (χ4v) is 2.87. The lowest BCUT2D eigenvalue weighted by atomic mass is 9.94. The summed E-state index contributed by atoms with van der Waals surface area (Å²) in [4.78, 5) is 27.9. The summed E-state index contributed by atoms with van der Waals surface area (Å²) in [5, 5.41) is 14.8. The molecule has 2 amide bonds. The third-order valence-corrected chi connectivity index (χ3v) is 4.06. The van der Waals surface area contributed by atoms with Gasteiger partial charge in [0.15, 0.2) is 5.13 Å². The Labute approximate surface area is 129 Å². The Morgan fingerprint density at radius 1 is 1.33 bits per heavy atom. The zero-order chi connectivity index (χ0) is 16.0. The number of carbonyl (C=O) groups excluding carboxylic acids is 1. The highest BCUT2D eigenvalue weighted by Gasteiger charge is 2.16. The van der Waals surface area contributed by atoms with Gasteiger partial charge in [-0.15, -0.1) is 11.3 Å². The number of carboxylic acid groups (broad SMARTS) is 1. The van der Waals surface area contributed by atoms with Crippen molar-refractivity contribution in [2.24, 2.45) is 11.8 Å². The number of aryl methyl sites for hydroxylation is 2. The molecule has 0 aliphatic rings. The van der Waals surface area contributed by atoms with Gasteiger partial charge in [-0.2, -0.15) is 0 Å². The second-order valence-corrected chi connectivity index (χ2v) is 6.79. The molecule has 0 saturated carbocycles. The van der Waals surface area contributed by atoms with Gasteiger partial charge in [0.2, 0.25) is 0 Å². The molecule has 3 N–H and O–H groups in total. The van der Waals surface area contributed by atoms with Crippen LogP contribution in [-0.4, -0.2) is 28.6 Å². The van der Waals surface area contributed by atoms with Gasteiger partial charge in [0.1, 0.15) is 0 Å². The molecule has 1 aromatic heterocycles. The highest BCUT2D eigenvalue weighted by atomic mass is 32.1. The van der Waals surface area contributed by atoms with E-state index in [4.69, 9.17) is 5.11 Å². The van der Waals surface area contributed by atoms with Crippen LogP contribution in [0.15, 0.2) is 0 Å². The molecule has 0 aliphatic heterocycles. The number of hydrogen-bond donors (Lipinski definition) is 3. The van der Waals surface area contributed by atoms with E-state index in [0.29, 0.717) is 17.6 Å². The minimum absolute atomic E-state index is 0.0620. The summed E-state index contributed by atoms with van der Waals surface area (Å²) in [7, 11) is 0. The van der Waals surface area contributed by atoms with Crippen molar-refractivity contribution in [2.45, 2.75) is 40.5 Å². The molecular formula is C14H23N3O3S. The number of amides is 2. The molecule has 1 aromatic rings. The summed E-state index contributed by atoms with van der Waals surface area (Å²) in [6.07, 6.45) is 0.829. The van der Waals surface area contributed by atoms with E-state index in [0.717, 1.165) is 17.0 Å². The molecule has 118 valence electrons. The van der Waals surface area contributed by atoms with Crippen LogP contribution in [0.25, 0.3) is 0 Å². The van der Waals surface area contributed by atoms with Crippen LogP contribution < -0.4 is 10.6 Å². The largest absolute Gasteiger partial charge is 0.481 e. The topological polar surface area (TPSA) is 91.3 Å². The number of aliphatic carboxylic acids is 1. The standard InChI is InChI=1S/C14H23N3O3S/c1-8(2)5-11(6-12(18)19)7-15-13(20)17-14-16-9(3)10(4)21-14/h8,11H,5-7H2,1-4H3,(H,18,19)(H2,15,16,17,20)/t11-/m0/s1. The number of hydrogen-bond acceptors (Lipinski definition) is 4. The van der Waals surface area contributed by atoms with Gasteiger partial charge in [-0.3, -0.25) is 10.1 Å². The number of rotatable bonds is 7. The molecule has 0 aromatic carbocycles. The average molecular weight is 313 g/mol. The molecule has 0 radical (unpaired) electrons. The Kier molecular flexibility index (Phi) is 6.61. The number of nitrogens with zero attached hydrogens (tertiary/aromatic N) is 1. The molecule has 1 atom stereocenters. The summed E-state index contributed by atoms with van der Waals surface area (Å²) in [6.45, 7) is 8.26. The van der Waals surface area contributed by atoms with Crippen LogP contribution in [0.4, 0.5) is 9.93 Å². The van der Waals surface area contributed by atoms with Crippen molar-refractivity contribution < 1.29 is 14.7 Å². The van der Waals surface area contributed by atoms with Crippen molar-refractivity contribution >= 4 is 28.5 Å². The van der Waals surface area contributed by atoms with Crippen LogP contribution in [0.2, 0.25) is 0 Å². The summed E-state index contributed by atoms with van der Waals surface area (Å²) in [5.41, 5.74) is 0.902. The quantitative estimate of drug-likeness (QED) is 0.721. The van der Waals surface area contributed by atoms with Crippen molar-refractivity contribution in [1.29, 1.82) is 0 Å². The fourth-order valence-electron chi connectivity index (χ4n) is 2.06.